The SMILES string of the molecule is c1ccc(C2C[C@@H]2NCc2ccc3c(c2)OCN3)cc1. The summed E-state index contributed by atoms with van der Waals surface area (Å²) in [6, 6.07) is 17.8. The van der Waals surface area contributed by atoms with Gasteiger partial charge in [0.05, 0.1) is 5.69 Å². The van der Waals surface area contributed by atoms with Gasteiger partial charge in [0.15, 0.2) is 6.73 Å². The lowest BCUT2D eigenvalue weighted by atomic mass is 10.1. The van der Waals surface area contributed by atoms with E-state index in [0.717, 1.165) is 18.0 Å². The van der Waals surface area contributed by atoms with E-state index in [1.165, 1.54) is 17.5 Å². The summed E-state index contributed by atoms with van der Waals surface area (Å²) >= 11 is 0. The first-order valence-electron chi connectivity index (χ1n) is 7.18. The molecule has 4 rings (SSSR count). The molecule has 2 aliphatic rings. The van der Waals surface area contributed by atoms with E-state index in [-0.39, 0.29) is 0 Å². The number of hydrogen-bond acceptors (Lipinski definition) is 3. The zero-order valence-electron chi connectivity index (χ0n) is 11.3. The molecule has 2 atom stereocenters. The number of nitrogens with one attached hydrogen (secondary N) is 2. The second kappa shape index (κ2) is 4.84. The van der Waals surface area contributed by atoms with E-state index in [2.05, 4.69) is 59.2 Å². The number of benzene rings is 2. The van der Waals surface area contributed by atoms with E-state index in [4.69, 9.17) is 4.74 Å². The molecular weight excluding hydrogens is 248 g/mol. The maximum absolute atomic E-state index is 5.51. The number of ether oxygens (including phenoxy) is 1. The summed E-state index contributed by atoms with van der Waals surface area (Å²) in [6.45, 7) is 1.50. The topological polar surface area (TPSA) is 33.3 Å². The van der Waals surface area contributed by atoms with Crippen LogP contribution in [0.15, 0.2) is 48.5 Å². The van der Waals surface area contributed by atoms with Crippen LogP contribution in [-0.2, 0) is 6.54 Å². The average Bonchev–Trinajstić information content (AvgIpc) is 3.13. The first-order valence-corrected chi connectivity index (χ1v) is 7.18. The molecule has 3 nitrogen and oxygen atoms in total. The van der Waals surface area contributed by atoms with Gasteiger partial charge >= 0.3 is 0 Å². The largest absolute Gasteiger partial charge is 0.471 e. The summed E-state index contributed by atoms with van der Waals surface area (Å²) in [7, 11) is 0. The molecule has 1 unspecified atom stereocenters. The van der Waals surface area contributed by atoms with Crippen molar-refractivity contribution in [1.82, 2.24) is 5.32 Å². The van der Waals surface area contributed by atoms with Gasteiger partial charge in [0.1, 0.15) is 5.75 Å². The molecule has 20 heavy (non-hydrogen) atoms. The Morgan fingerprint density at radius 3 is 2.95 bits per heavy atom. The van der Waals surface area contributed by atoms with Gasteiger partial charge in [0.2, 0.25) is 0 Å². The Morgan fingerprint density at radius 1 is 1.15 bits per heavy atom. The van der Waals surface area contributed by atoms with Crippen molar-refractivity contribution >= 4 is 5.69 Å². The minimum absolute atomic E-state index is 0.588. The van der Waals surface area contributed by atoms with Crippen molar-refractivity contribution in [1.29, 1.82) is 0 Å². The Balaban J connectivity index is 1.36. The molecule has 1 heterocycles. The highest BCUT2D eigenvalue weighted by Gasteiger charge is 2.37. The zero-order chi connectivity index (χ0) is 13.4. The predicted molar refractivity (Wildman–Crippen MR) is 80.0 cm³/mol. The minimum atomic E-state index is 0.588. The van der Waals surface area contributed by atoms with Gasteiger partial charge in [-0.2, -0.15) is 0 Å². The molecular formula is C17H18N2O. The van der Waals surface area contributed by atoms with Crippen LogP contribution in [0.25, 0.3) is 0 Å². The minimum Gasteiger partial charge on any atom is -0.471 e. The second-order valence-electron chi connectivity index (χ2n) is 5.54. The molecule has 0 spiro atoms. The maximum atomic E-state index is 5.51. The smallest absolute Gasteiger partial charge is 0.159 e. The first-order chi connectivity index (χ1) is 9.90. The highest BCUT2D eigenvalue weighted by Crippen LogP contribution is 2.40. The van der Waals surface area contributed by atoms with Crippen LogP contribution in [0.5, 0.6) is 5.75 Å². The van der Waals surface area contributed by atoms with E-state index >= 15 is 0 Å². The van der Waals surface area contributed by atoms with Crippen molar-refractivity contribution in [3.63, 3.8) is 0 Å². The number of hydrogen-bond donors (Lipinski definition) is 2. The van der Waals surface area contributed by atoms with Gasteiger partial charge in [-0.05, 0) is 29.7 Å². The molecule has 1 aliphatic heterocycles. The van der Waals surface area contributed by atoms with E-state index in [9.17, 15) is 0 Å². The predicted octanol–water partition coefficient (Wildman–Crippen LogP) is 3.09. The fourth-order valence-electron chi connectivity index (χ4n) is 2.87. The van der Waals surface area contributed by atoms with Crippen LogP contribution in [-0.4, -0.2) is 12.8 Å². The maximum Gasteiger partial charge on any atom is 0.159 e. The molecule has 1 fully saturated rings. The average molecular weight is 266 g/mol. The van der Waals surface area contributed by atoms with Gasteiger partial charge in [-0.15, -0.1) is 0 Å². The molecule has 0 bridgehead atoms. The molecule has 102 valence electrons. The summed E-state index contributed by atoms with van der Waals surface area (Å²) < 4.78 is 5.51. The number of rotatable bonds is 4. The van der Waals surface area contributed by atoms with Crippen molar-refractivity contribution in [3.8, 4) is 5.75 Å². The lowest BCUT2D eigenvalue weighted by molar-refractivity contribution is 0.372. The summed E-state index contributed by atoms with van der Waals surface area (Å²) in [5.41, 5.74) is 3.83. The van der Waals surface area contributed by atoms with Crippen molar-refractivity contribution in [2.45, 2.75) is 24.9 Å². The third kappa shape index (κ3) is 2.25. The van der Waals surface area contributed by atoms with Crippen LogP contribution in [0, 0.1) is 0 Å². The van der Waals surface area contributed by atoms with Gasteiger partial charge < -0.3 is 15.4 Å². The van der Waals surface area contributed by atoms with Crippen molar-refractivity contribution in [3.05, 3.63) is 59.7 Å². The van der Waals surface area contributed by atoms with Crippen LogP contribution in [0.1, 0.15) is 23.5 Å². The Bertz CT molecular complexity index is 612. The van der Waals surface area contributed by atoms with Crippen LogP contribution in [0.4, 0.5) is 5.69 Å². The van der Waals surface area contributed by atoms with Gasteiger partial charge in [-0.25, -0.2) is 0 Å². The second-order valence-corrected chi connectivity index (χ2v) is 5.54. The van der Waals surface area contributed by atoms with Crippen LogP contribution < -0.4 is 15.4 Å². The van der Waals surface area contributed by atoms with Crippen molar-refractivity contribution in [2.75, 3.05) is 12.0 Å². The molecule has 1 saturated carbocycles. The number of anilines is 1. The molecule has 0 radical (unpaired) electrons. The quantitative estimate of drug-likeness (QED) is 0.892. The lowest BCUT2D eigenvalue weighted by Crippen LogP contribution is -2.17. The summed E-state index contributed by atoms with van der Waals surface area (Å²) in [5, 5.41) is 6.83. The molecule has 0 saturated heterocycles. The van der Waals surface area contributed by atoms with Gasteiger partial charge in [0.25, 0.3) is 0 Å². The van der Waals surface area contributed by atoms with Gasteiger partial charge in [0, 0.05) is 18.5 Å². The van der Waals surface area contributed by atoms with Gasteiger partial charge in [-0.1, -0.05) is 36.4 Å². The molecule has 2 aromatic rings. The van der Waals surface area contributed by atoms with Crippen molar-refractivity contribution in [2.24, 2.45) is 0 Å². The Hall–Kier alpha value is -2.00. The zero-order valence-corrected chi connectivity index (χ0v) is 11.3. The molecule has 2 N–H and O–H groups in total. The fourth-order valence-corrected chi connectivity index (χ4v) is 2.87. The van der Waals surface area contributed by atoms with E-state index in [1.807, 2.05) is 0 Å². The molecule has 1 aliphatic carbocycles. The molecule has 3 heteroatoms. The van der Waals surface area contributed by atoms with Crippen LogP contribution >= 0.6 is 0 Å². The Kier molecular flexibility index (Phi) is 2.85. The Morgan fingerprint density at radius 2 is 2.05 bits per heavy atom. The number of fused-ring (bicyclic) bond motifs is 1. The molecule has 0 aromatic heterocycles. The highest BCUT2D eigenvalue weighted by molar-refractivity contribution is 5.60. The third-order valence-corrected chi connectivity index (χ3v) is 4.12. The third-order valence-electron chi connectivity index (χ3n) is 4.12. The lowest BCUT2D eigenvalue weighted by Gasteiger charge is -2.06. The molecule has 0 amide bonds. The summed E-state index contributed by atoms with van der Waals surface area (Å²) in [6.07, 6.45) is 1.24. The standard InChI is InChI=1S/C17H18N2O/c1-2-4-13(5-3-1)14-9-16(14)18-10-12-6-7-15-17(8-12)20-11-19-15/h1-8,14,16,18-19H,9-11H2/t14?,16-/m0/s1. The summed E-state index contributed by atoms with van der Waals surface area (Å²) in [4.78, 5) is 0. The van der Waals surface area contributed by atoms with E-state index in [1.54, 1.807) is 0 Å². The highest BCUT2D eigenvalue weighted by atomic mass is 16.5. The summed E-state index contributed by atoms with van der Waals surface area (Å²) in [5.74, 6) is 1.66. The van der Waals surface area contributed by atoms with E-state index in [0.29, 0.717) is 18.7 Å². The normalized spacial score (nSPS) is 22.8. The van der Waals surface area contributed by atoms with Crippen molar-refractivity contribution < 1.29 is 4.74 Å². The van der Waals surface area contributed by atoms with Crippen LogP contribution in [0.2, 0.25) is 0 Å². The van der Waals surface area contributed by atoms with Crippen LogP contribution in [0.3, 0.4) is 0 Å². The first kappa shape index (κ1) is 11.8. The Labute approximate surface area is 119 Å². The van der Waals surface area contributed by atoms with Gasteiger partial charge in [-0.3, -0.25) is 0 Å². The van der Waals surface area contributed by atoms with E-state index < -0.39 is 0 Å². The fraction of sp³-hybridized carbons (Fsp3) is 0.294. The molecule has 2 aromatic carbocycles. The monoisotopic (exact) mass is 266 g/mol.